The van der Waals surface area contributed by atoms with E-state index >= 15 is 0 Å². The number of rotatable bonds is 2. The van der Waals surface area contributed by atoms with E-state index in [2.05, 4.69) is 22.3 Å². The van der Waals surface area contributed by atoms with Crippen LogP contribution in [0.15, 0.2) is 24.5 Å². The summed E-state index contributed by atoms with van der Waals surface area (Å²) in [5, 5.41) is 8.20. The van der Waals surface area contributed by atoms with E-state index < -0.39 is 0 Å². The van der Waals surface area contributed by atoms with Crippen LogP contribution < -0.4 is 0 Å². The monoisotopic (exact) mass is 310 g/mol. The molecule has 0 radical (unpaired) electrons. The molecule has 5 heteroatoms. The minimum atomic E-state index is 0.159. The maximum atomic E-state index is 12.9. The van der Waals surface area contributed by atoms with Crippen LogP contribution in [-0.2, 0) is 19.9 Å². The molecular formula is C18H22N4O. The van der Waals surface area contributed by atoms with Gasteiger partial charge in [0.25, 0.3) is 5.91 Å². The SMILES string of the molecule is Cn1cnnc1[C@@H]1CCCN(C(=O)c2ccc3c(c2)CCC3)C1. The number of aryl methyl sites for hydroxylation is 3. The van der Waals surface area contributed by atoms with Gasteiger partial charge in [0.05, 0.1) is 0 Å². The quantitative estimate of drug-likeness (QED) is 0.855. The second-order valence-corrected chi connectivity index (χ2v) is 6.73. The number of piperidine rings is 1. The van der Waals surface area contributed by atoms with Gasteiger partial charge in [-0.1, -0.05) is 6.07 Å². The van der Waals surface area contributed by atoms with Crippen LogP contribution in [0.4, 0.5) is 0 Å². The molecule has 0 unspecified atom stereocenters. The molecule has 1 fully saturated rings. The normalized spacial score (nSPS) is 20.6. The number of benzene rings is 1. The van der Waals surface area contributed by atoms with Crippen LogP contribution in [0, 0.1) is 0 Å². The van der Waals surface area contributed by atoms with Gasteiger partial charge < -0.3 is 9.47 Å². The summed E-state index contributed by atoms with van der Waals surface area (Å²) >= 11 is 0. The molecule has 2 heterocycles. The van der Waals surface area contributed by atoms with Crippen molar-refractivity contribution in [2.45, 2.75) is 38.0 Å². The Hall–Kier alpha value is -2.17. The third kappa shape index (κ3) is 2.64. The van der Waals surface area contributed by atoms with E-state index in [1.54, 1.807) is 6.33 Å². The number of amides is 1. The first-order valence-electron chi connectivity index (χ1n) is 8.47. The molecule has 1 aliphatic heterocycles. The molecular weight excluding hydrogens is 288 g/mol. The standard InChI is InChI=1S/C18H22N4O/c1-21-12-19-20-17(21)16-6-3-9-22(11-16)18(23)15-8-7-13-4-2-5-14(13)10-15/h7-8,10,12,16H,2-6,9,11H2,1H3/t16-/m1/s1. The van der Waals surface area contributed by atoms with Crippen molar-refractivity contribution in [1.82, 2.24) is 19.7 Å². The van der Waals surface area contributed by atoms with Crippen molar-refractivity contribution in [3.8, 4) is 0 Å². The average molecular weight is 310 g/mol. The number of nitrogens with zero attached hydrogens (tertiary/aromatic N) is 4. The smallest absolute Gasteiger partial charge is 0.253 e. The fourth-order valence-corrected chi connectivity index (χ4v) is 3.92. The van der Waals surface area contributed by atoms with Crippen LogP contribution >= 0.6 is 0 Å². The van der Waals surface area contributed by atoms with Gasteiger partial charge in [0.2, 0.25) is 0 Å². The molecule has 5 nitrogen and oxygen atoms in total. The molecule has 1 amide bonds. The van der Waals surface area contributed by atoms with Crippen molar-refractivity contribution in [3.63, 3.8) is 0 Å². The van der Waals surface area contributed by atoms with Gasteiger partial charge in [0, 0.05) is 31.6 Å². The molecule has 1 saturated heterocycles. The zero-order chi connectivity index (χ0) is 15.8. The van der Waals surface area contributed by atoms with Crippen LogP contribution in [0.5, 0.6) is 0 Å². The van der Waals surface area contributed by atoms with E-state index in [9.17, 15) is 4.79 Å². The van der Waals surface area contributed by atoms with Gasteiger partial charge in [-0.05, 0) is 55.4 Å². The third-order valence-electron chi connectivity index (χ3n) is 5.17. The Bertz CT molecular complexity index is 736. The first-order chi connectivity index (χ1) is 11.2. The van der Waals surface area contributed by atoms with Crippen molar-refractivity contribution in [3.05, 3.63) is 47.0 Å². The number of fused-ring (bicyclic) bond motifs is 1. The zero-order valence-electron chi connectivity index (χ0n) is 13.5. The summed E-state index contributed by atoms with van der Waals surface area (Å²) in [7, 11) is 1.97. The first kappa shape index (κ1) is 14.4. The van der Waals surface area contributed by atoms with E-state index in [0.717, 1.165) is 50.2 Å². The van der Waals surface area contributed by atoms with Crippen LogP contribution in [0.25, 0.3) is 0 Å². The topological polar surface area (TPSA) is 51.0 Å². The Labute approximate surface area is 136 Å². The maximum Gasteiger partial charge on any atom is 0.253 e. The Morgan fingerprint density at radius 3 is 2.91 bits per heavy atom. The van der Waals surface area contributed by atoms with E-state index in [1.807, 2.05) is 22.6 Å². The number of hydrogen-bond acceptors (Lipinski definition) is 3. The fraction of sp³-hybridized carbons (Fsp3) is 0.500. The lowest BCUT2D eigenvalue weighted by atomic mass is 9.96. The number of carbonyl (C=O) groups is 1. The number of aromatic nitrogens is 3. The molecule has 2 aliphatic rings. The second-order valence-electron chi connectivity index (χ2n) is 6.73. The van der Waals surface area contributed by atoms with Gasteiger partial charge in [-0.25, -0.2) is 0 Å². The molecule has 0 saturated carbocycles. The highest BCUT2D eigenvalue weighted by atomic mass is 16.2. The summed E-state index contributed by atoms with van der Waals surface area (Å²) < 4.78 is 1.97. The fourth-order valence-electron chi connectivity index (χ4n) is 3.92. The minimum absolute atomic E-state index is 0.159. The minimum Gasteiger partial charge on any atom is -0.338 e. The third-order valence-corrected chi connectivity index (χ3v) is 5.17. The molecule has 2 aromatic rings. The Balaban J connectivity index is 1.53. The van der Waals surface area contributed by atoms with Gasteiger partial charge in [-0.3, -0.25) is 4.79 Å². The number of likely N-dealkylation sites (tertiary alicyclic amines) is 1. The predicted molar refractivity (Wildman–Crippen MR) is 87.3 cm³/mol. The van der Waals surface area contributed by atoms with E-state index in [0.29, 0.717) is 0 Å². The van der Waals surface area contributed by atoms with Gasteiger partial charge in [0.1, 0.15) is 12.2 Å². The summed E-state index contributed by atoms with van der Waals surface area (Å²) in [5.74, 6) is 1.43. The predicted octanol–water partition coefficient (Wildman–Crippen LogP) is 2.32. The number of carbonyl (C=O) groups excluding carboxylic acids is 1. The van der Waals surface area contributed by atoms with Crippen LogP contribution in [0.3, 0.4) is 0 Å². The summed E-state index contributed by atoms with van der Waals surface area (Å²) in [6, 6.07) is 6.24. The van der Waals surface area contributed by atoms with E-state index in [4.69, 9.17) is 0 Å². The van der Waals surface area contributed by atoms with E-state index in [-0.39, 0.29) is 11.8 Å². The lowest BCUT2D eigenvalue weighted by molar-refractivity contribution is 0.0703. The average Bonchev–Trinajstić information content (AvgIpc) is 3.22. The van der Waals surface area contributed by atoms with Gasteiger partial charge >= 0.3 is 0 Å². The largest absolute Gasteiger partial charge is 0.338 e. The number of hydrogen-bond donors (Lipinski definition) is 0. The van der Waals surface area contributed by atoms with Crippen LogP contribution in [0.2, 0.25) is 0 Å². The Kier molecular flexibility index (Phi) is 3.63. The molecule has 1 aliphatic carbocycles. The zero-order valence-corrected chi connectivity index (χ0v) is 13.5. The highest BCUT2D eigenvalue weighted by molar-refractivity contribution is 5.94. The van der Waals surface area contributed by atoms with Crippen molar-refractivity contribution in [2.75, 3.05) is 13.1 Å². The first-order valence-corrected chi connectivity index (χ1v) is 8.47. The molecule has 1 atom stereocenters. The summed E-state index contributed by atoms with van der Waals surface area (Å²) in [6.45, 7) is 1.58. The summed E-state index contributed by atoms with van der Waals surface area (Å²) in [5.41, 5.74) is 3.61. The highest BCUT2D eigenvalue weighted by Crippen LogP contribution is 2.27. The maximum absolute atomic E-state index is 12.9. The molecule has 0 N–H and O–H groups in total. The van der Waals surface area contributed by atoms with Crippen molar-refractivity contribution in [2.24, 2.45) is 7.05 Å². The van der Waals surface area contributed by atoms with Crippen molar-refractivity contribution < 1.29 is 4.79 Å². The molecule has 1 aromatic heterocycles. The van der Waals surface area contributed by atoms with Crippen LogP contribution in [-0.4, -0.2) is 38.7 Å². The molecule has 120 valence electrons. The highest BCUT2D eigenvalue weighted by Gasteiger charge is 2.28. The molecule has 1 aromatic carbocycles. The van der Waals surface area contributed by atoms with Gasteiger partial charge in [-0.15, -0.1) is 10.2 Å². The Morgan fingerprint density at radius 2 is 2.09 bits per heavy atom. The summed E-state index contributed by atoms with van der Waals surface area (Å²) in [6.07, 6.45) is 7.30. The lowest BCUT2D eigenvalue weighted by Crippen LogP contribution is -2.39. The van der Waals surface area contributed by atoms with Crippen LogP contribution in [0.1, 0.15) is 52.5 Å². The molecule has 0 spiro atoms. The molecule has 23 heavy (non-hydrogen) atoms. The Morgan fingerprint density at radius 1 is 1.22 bits per heavy atom. The van der Waals surface area contributed by atoms with Gasteiger partial charge in [-0.2, -0.15) is 0 Å². The molecule has 0 bridgehead atoms. The van der Waals surface area contributed by atoms with Crippen molar-refractivity contribution in [1.29, 1.82) is 0 Å². The second kappa shape index (κ2) is 5.80. The van der Waals surface area contributed by atoms with E-state index in [1.165, 1.54) is 17.5 Å². The van der Waals surface area contributed by atoms with Gasteiger partial charge in [0.15, 0.2) is 0 Å². The lowest BCUT2D eigenvalue weighted by Gasteiger charge is -2.32. The van der Waals surface area contributed by atoms with Crippen molar-refractivity contribution >= 4 is 5.91 Å². The summed E-state index contributed by atoms with van der Waals surface area (Å²) in [4.78, 5) is 14.9. The molecule has 4 rings (SSSR count).